The molecule has 0 radical (unpaired) electrons. The van der Waals surface area contributed by atoms with Crippen LogP contribution in [0.3, 0.4) is 0 Å². The van der Waals surface area contributed by atoms with E-state index in [0.717, 1.165) is 25.0 Å². The van der Waals surface area contributed by atoms with Gasteiger partial charge in [0.1, 0.15) is 5.82 Å². The summed E-state index contributed by atoms with van der Waals surface area (Å²) in [4.78, 5) is 0.0101. The zero-order chi connectivity index (χ0) is 12.6. The maximum atomic E-state index is 12.9. The van der Waals surface area contributed by atoms with Gasteiger partial charge in [-0.1, -0.05) is 6.92 Å². The van der Waals surface area contributed by atoms with E-state index in [0.29, 0.717) is 5.92 Å². The lowest BCUT2D eigenvalue weighted by molar-refractivity contribution is 0.270. The fraction of sp³-hybridized carbons (Fsp3) is 0.455. The normalized spacial score (nSPS) is 24.4. The van der Waals surface area contributed by atoms with Gasteiger partial charge in [-0.3, -0.25) is 0 Å². The maximum Gasteiger partial charge on any atom is 0.240 e. The van der Waals surface area contributed by atoms with Crippen molar-refractivity contribution in [3.8, 4) is 0 Å². The van der Waals surface area contributed by atoms with E-state index in [1.54, 1.807) is 0 Å². The minimum atomic E-state index is -3.58. The molecule has 1 aromatic carbocycles. The van der Waals surface area contributed by atoms with Crippen LogP contribution in [0.4, 0.5) is 10.1 Å². The number of nitrogen functional groups attached to an aromatic ring is 1. The summed E-state index contributed by atoms with van der Waals surface area (Å²) in [5, 5.41) is 0. The van der Waals surface area contributed by atoms with E-state index in [1.807, 2.05) is 0 Å². The summed E-state index contributed by atoms with van der Waals surface area (Å²) in [5.41, 5.74) is 5.19. The molecule has 0 aliphatic heterocycles. The number of halogens is 1. The summed E-state index contributed by atoms with van der Waals surface area (Å²) >= 11 is 0. The molecule has 2 rings (SSSR count). The molecule has 1 aromatic rings. The standard InChI is InChI=1S/C11H15FN2O2S/c1-7-4-8(5-7)14-17(15,16)9-2-3-10(12)11(13)6-9/h2-3,6-8,14H,4-5,13H2,1H3. The third-order valence-corrected chi connectivity index (χ3v) is 4.49. The molecule has 1 fully saturated rings. The van der Waals surface area contributed by atoms with E-state index in [-0.39, 0.29) is 16.6 Å². The molecule has 0 unspecified atom stereocenters. The quantitative estimate of drug-likeness (QED) is 0.807. The van der Waals surface area contributed by atoms with Gasteiger partial charge in [0, 0.05) is 6.04 Å². The van der Waals surface area contributed by atoms with Gasteiger partial charge in [-0.05, 0) is 37.0 Å². The summed E-state index contributed by atoms with van der Waals surface area (Å²) in [6, 6.07) is 3.41. The van der Waals surface area contributed by atoms with Crippen molar-refractivity contribution in [2.24, 2.45) is 5.92 Å². The Morgan fingerprint density at radius 1 is 1.41 bits per heavy atom. The van der Waals surface area contributed by atoms with Crippen LogP contribution in [0, 0.1) is 11.7 Å². The fourth-order valence-electron chi connectivity index (χ4n) is 1.98. The van der Waals surface area contributed by atoms with Gasteiger partial charge in [-0.15, -0.1) is 0 Å². The molecule has 0 spiro atoms. The molecule has 0 amide bonds. The first-order valence-corrected chi connectivity index (χ1v) is 6.94. The van der Waals surface area contributed by atoms with Crippen molar-refractivity contribution >= 4 is 15.7 Å². The van der Waals surface area contributed by atoms with Crippen LogP contribution in [0.5, 0.6) is 0 Å². The first-order valence-electron chi connectivity index (χ1n) is 5.46. The molecule has 1 aliphatic rings. The lowest BCUT2D eigenvalue weighted by atomic mass is 9.83. The van der Waals surface area contributed by atoms with Crippen molar-refractivity contribution in [3.05, 3.63) is 24.0 Å². The van der Waals surface area contributed by atoms with Crippen molar-refractivity contribution in [1.29, 1.82) is 0 Å². The highest BCUT2D eigenvalue weighted by Crippen LogP contribution is 2.28. The topological polar surface area (TPSA) is 72.2 Å². The van der Waals surface area contributed by atoms with Crippen molar-refractivity contribution in [2.75, 3.05) is 5.73 Å². The van der Waals surface area contributed by atoms with E-state index in [4.69, 9.17) is 5.73 Å². The molecule has 1 saturated carbocycles. The highest BCUT2D eigenvalue weighted by atomic mass is 32.2. The Labute approximate surface area is 100 Å². The number of anilines is 1. The lowest BCUT2D eigenvalue weighted by Crippen LogP contribution is -2.43. The average molecular weight is 258 g/mol. The highest BCUT2D eigenvalue weighted by molar-refractivity contribution is 7.89. The minimum Gasteiger partial charge on any atom is -0.396 e. The minimum absolute atomic E-state index is 0.0101. The van der Waals surface area contributed by atoms with E-state index in [2.05, 4.69) is 11.6 Å². The van der Waals surface area contributed by atoms with Crippen molar-refractivity contribution in [1.82, 2.24) is 4.72 Å². The van der Waals surface area contributed by atoms with Crippen LogP contribution in [0.2, 0.25) is 0 Å². The second-order valence-corrected chi connectivity index (χ2v) is 6.29. The molecule has 0 bridgehead atoms. The van der Waals surface area contributed by atoms with Crippen LogP contribution < -0.4 is 10.5 Å². The van der Waals surface area contributed by atoms with Crippen LogP contribution in [-0.2, 0) is 10.0 Å². The number of benzene rings is 1. The first kappa shape index (κ1) is 12.3. The van der Waals surface area contributed by atoms with Crippen LogP contribution in [0.25, 0.3) is 0 Å². The van der Waals surface area contributed by atoms with Gasteiger partial charge in [0.2, 0.25) is 10.0 Å². The summed E-state index contributed by atoms with van der Waals surface area (Å²) in [6.07, 6.45) is 1.69. The number of nitrogens with two attached hydrogens (primary N) is 1. The number of hydrogen-bond donors (Lipinski definition) is 2. The van der Waals surface area contributed by atoms with Crippen LogP contribution in [-0.4, -0.2) is 14.5 Å². The van der Waals surface area contributed by atoms with Gasteiger partial charge >= 0.3 is 0 Å². The Kier molecular flexibility index (Phi) is 3.09. The van der Waals surface area contributed by atoms with E-state index in [1.165, 1.54) is 6.07 Å². The molecule has 4 nitrogen and oxygen atoms in total. The van der Waals surface area contributed by atoms with Gasteiger partial charge in [-0.2, -0.15) is 0 Å². The van der Waals surface area contributed by atoms with Gasteiger partial charge in [0.25, 0.3) is 0 Å². The van der Waals surface area contributed by atoms with E-state index < -0.39 is 15.8 Å². The van der Waals surface area contributed by atoms with Crippen molar-refractivity contribution in [3.63, 3.8) is 0 Å². The Morgan fingerprint density at radius 3 is 2.59 bits per heavy atom. The predicted molar refractivity (Wildman–Crippen MR) is 63.3 cm³/mol. The summed E-state index contributed by atoms with van der Waals surface area (Å²) < 4.78 is 39.4. The second-order valence-electron chi connectivity index (χ2n) is 4.58. The fourth-order valence-corrected chi connectivity index (χ4v) is 3.27. The molecule has 94 valence electrons. The number of hydrogen-bond acceptors (Lipinski definition) is 3. The predicted octanol–water partition coefficient (Wildman–Crippen LogP) is 1.48. The zero-order valence-corrected chi connectivity index (χ0v) is 10.3. The summed E-state index contributed by atoms with van der Waals surface area (Å²) in [6.45, 7) is 2.07. The smallest absolute Gasteiger partial charge is 0.240 e. The second kappa shape index (κ2) is 4.27. The molecule has 0 heterocycles. The molecular formula is C11H15FN2O2S. The molecule has 17 heavy (non-hydrogen) atoms. The Balaban J connectivity index is 2.17. The monoisotopic (exact) mass is 258 g/mol. The largest absolute Gasteiger partial charge is 0.396 e. The third-order valence-electron chi connectivity index (χ3n) is 2.97. The molecule has 0 saturated heterocycles. The maximum absolute atomic E-state index is 12.9. The van der Waals surface area contributed by atoms with Gasteiger partial charge < -0.3 is 5.73 Å². The van der Waals surface area contributed by atoms with Crippen molar-refractivity contribution in [2.45, 2.75) is 30.7 Å². The van der Waals surface area contributed by atoms with Crippen LogP contribution >= 0.6 is 0 Å². The molecule has 1 aliphatic carbocycles. The first-order chi connectivity index (χ1) is 7.88. The third kappa shape index (κ3) is 2.58. The number of nitrogens with one attached hydrogen (secondary N) is 1. The molecule has 0 aromatic heterocycles. The number of sulfonamides is 1. The van der Waals surface area contributed by atoms with E-state index >= 15 is 0 Å². The van der Waals surface area contributed by atoms with Crippen LogP contribution in [0.1, 0.15) is 19.8 Å². The Morgan fingerprint density at radius 2 is 2.06 bits per heavy atom. The number of rotatable bonds is 3. The summed E-state index contributed by atoms with van der Waals surface area (Å²) in [5.74, 6) is -0.0535. The molecule has 3 N–H and O–H groups in total. The Hall–Kier alpha value is -1.14. The SMILES string of the molecule is CC1CC(NS(=O)(=O)c2ccc(F)c(N)c2)C1. The van der Waals surface area contributed by atoms with Gasteiger partial charge in [-0.25, -0.2) is 17.5 Å². The summed E-state index contributed by atoms with van der Waals surface area (Å²) in [7, 11) is -3.58. The zero-order valence-electron chi connectivity index (χ0n) is 9.48. The Bertz CT molecular complexity index is 524. The average Bonchev–Trinajstić information content (AvgIpc) is 2.19. The van der Waals surface area contributed by atoms with Gasteiger partial charge in [0.15, 0.2) is 0 Å². The van der Waals surface area contributed by atoms with E-state index in [9.17, 15) is 12.8 Å². The molecule has 0 atom stereocenters. The molecular weight excluding hydrogens is 243 g/mol. The van der Waals surface area contributed by atoms with Crippen LogP contribution in [0.15, 0.2) is 23.1 Å². The molecule has 6 heteroatoms. The highest BCUT2D eigenvalue weighted by Gasteiger charge is 2.29. The van der Waals surface area contributed by atoms with Gasteiger partial charge in [0.05, 0.1) is 10.6 Å². The van der Waals surface area contributed by atoms with Crippen molar-refractivity contribution < 1.29 is 12.8 Å². The lowest BCUT2D eigenvalue weighted by Gasteiger charge is -2.32.